The Morgan fingerprint density at radius 2 is 1.17 bits per heavy atom. The van der Waals surface area contributed by atoms with Gasteiger partial charge in [-0.05, 0) is 27.7 Å². The highest BCUT2D eigenvalue weighted by molar-refractivity contribution is 5.32. The van der Waals surface area contributed by atoms with E-state index in [0.717, 1.165) is 32.7 Å². The molecule has 0 radical (unpaired) electrons. The standard InChI is InChI=1S/C28H34N2/c1-28(2,3)26-16-14-23(15-17-26)22-29-18-20-30(21-19-29)27(24-10-6-4-7-11-24)25-12-8-5-9-13-25/h4-17,27H,18-22H2,1-3H3. The van der Waals surface area contributed by atoms with E-state index in [1.807, 2.05) is 0 Å². The van der Waals surface area contributed by atoms with E-state index in [-0.39, 0.29) is 5.41 Å². The second-order valence-corrected chi connectivity index (χ2v) is 9.48. The van der Waals surface area contributed by atoms with Crippen LogP contribution in [0.25, 0.3) is 0 Å². The number of hydrogen-bond donors (Lipinski definition) is 0. The van der Waals surface area contributed by atoms with E-state index in [9.17, 15) is 0 Å². The molecule has 0 spiro atoms. The van der Waals surface area contributed by atoms with Gasteiger partial charge in [0.05, 0.1) is 6.04 Å². The fraction of sp³-hybridized carbons (Fsp3) is 0.357. The molecule has 0 N–H and O–H groups in total. The smallest absolute Gasteiger partial charge is 0.0602 e. The van der Waals surface area contributed by atoms with E-state index >= 15 is 0 Å². The molecule has 0 aliphatic carbocycles. The molecule has 1 aliphatic heterocycles. The molecule has 1 saturated heterocycles. The van der Waals surface area contributed by atoms with Crippen molar-refractivity contribution < 1.29 is 0 Å². The molecular weight excluding hydrogens is 364 g/mol. The Morgan fingerprint density at radius 3 is 1.63 bits per heavy atom. The van der Waals surface area contributed by atoms with Crippen molar-refractivity contribution in [3.05, 3.63) is 107 Å². The zero-order valence-electron chi connectivity index (χ0n) is 18.6. The van der Waals surface area contributed by atoms with Gasteiger partial charge < -0.3 is 0 Å². The molecule has 0 saturated carbocycles. The van der Waals surface area contributed by atoms with Gasteiger partial charge in [-0.25, -0.2) is 0 Å². The van der Waals surface area contributed by atoms with Gasteiger partial charge >= 0.3 is 0 Å². The molecule has 2 nitrogen and oxygen atoms in total. The third kappa shape index (κ3) is 5.00. The second kappa shape index (κ2) is 9.16. The summed E-state index contributed by atoms with van der Waals surface area (Å²) in [5, 5.41) is 0. The van der Waals surface area contributed by atoms with Gasteiger partial charge in [-0.3, -0.25) is 9.80 Å². The lowest BCUT2D eigenvalue weighted by Gasteiger charge is -2.40. The molecule has 0 atom stereocenters. The first-order valence-electron chi connectivity index (χ1n) is 11.2. The molecule has 1 aliphatic rings. The largest absolute Gasteiger partial charge is 0.297 e. The first-order chi connectivity index (χ1) is 14.5. The molecule has 3 aromatic carbocycles. The van der Waals surface area contributed by atoms with Crippen LogP contribution in [0.1, 0.15) is 49.1 Å². The summed E-state index contributed by atoms with van der Waals surface area (Å²) in [5.41, 5.74) is 5.81. The zero-order valence-corrected chi connectivity index (χ0v) is 18.6. The van der Waals surface area contributed by atoms with Crippen LogP contribution in [0.3, 0.4) is 0 Å². The van der Waals surface area contributed by atoms with E-state index in [1.54, 1.807) is 0 Å². The van der Waals surface area contributed by atoms with Crippen molar-refractivity contribution in [1.82, 2.24) is 9.80 Å². The van der Waals surface area contributed by atoms with E-state index in [1.165, 1.54) is 22.3 Å². The SMILES string of the molecule is CC(C)(C)c1ccc(CN2CCN(C(c3ccccc3)c3ccccc3)CC2)cc1. The van der Waals surface area contributed by atoms with Crippen LogP contribution in [0.15, 0.2) is 84.9 Å². The molecule has 3 aromatic rings. The normalized spacial score (nSPS) is 16.1. The molecule has 2 heteroatoms. The van der Waals surface area contributed by atoms with Crippen LogP contribution >= 0.6 is 0 Å². The summed E-state index contributed by atoms with van der Waals surface area (Å²) in [6.45, 7) is 12.3. The van der Waals surface area contributed by atoms with Crippen molar-refractivity contribution in [2.75, 3.05) is 26.2 Å². The summed E-state index contributed by atoms with van der Waals surface area (Å²) in [6, 6.07) is 31.4. The van der Waals surface area contributed by atoms with Gasteiger partial charge in [0.25, 0.3) is 0 Å². The maximum Gasteiger partial charge on any atom is 0.0602 e. The molecule has 30 heavy (non-hydrogen) atoms. The van der Waals surface area contributed by atoms with Gasteiger partial charge in [0.15, 0.2) is 0 Å². The average Bonchev–Trinajstić information content (AvgIpc) is 2.76. The highest BCUT2D eigenvalue weighted by Gasteiger charge is 2.26. The van der Waals surface area contributed by atoms with Crippen molar-refractivity contribution in [2.24, 2.45) is 0 Å². The molecule has 0 unspecified atom stereocenters. The fourth-order valence-corrected chi connectivity index (χ4v) is 4.43. The fourth-order valence-electron chi connectivity index (χ4n) is 4.43. The summed E-state index contributed by atoms with van der Waals surface area (Å²) >= 11 is 0. The van der Waals surface area contributed by atoms with Crippen molar-refractivity contribution in [2.45, 2.75) is 38.8 Å². The van der Waals surface area contributed by atoms with Crippen molar-refractivity contribution in [1.29, 1.82) is 0 Å². The van der Waals surface area contributed by atoms with Crippen LogP contribution in [-0.2, 0) is 12.0 Å². The Bertz CT molecular complexity index is 863. The van der Waals surface area contributed by atoms with Crippen LogP contribution in [0, 0.1) is 0 Å². The molecule has 1 heterocycles. The topological polar surface area (TPSA) is 6.48 Å². The second-order valence-electron chi connectivity index (χ2n) is 9.48. The van der Waals surface area contributed by atoms with Gasteiger partial charge in [-0.15, -0.1) is 0 Å². The van der Waals surface area contributed by atoms with Gasteiger partial charge in [-0.1, -0.05) is 106 Å². The predicted octanol–water partition coefficient (Wildman–Crippen LogP) is 5.89. The van der Waals surface area contributed by atoms with Crippen molar-refractivity contribution in [3.63, 3.8) is 0 Å². The van der Waals surface area contributed by atoms with E-state index < -0.39 is 0 Å². The monoisotopic (exact) mass is 398 g/mol. The summed E-state index contributed by atoms with van der Waals surface area (Å²) in [7, 11) is 0. The molecule has 156 valence electrons. The van der Waals surface area contributed by atoms with E-state index in [2.05, 4.69) is 116 Å². The van der Waals surface area contributed by atoms with E-state index in [4.69, 9.17) is 0 Å². The Kier molecular flexibility index (Phi) is 6.36. The molecule has 0 aromatic heterocycles. The Hall–Kier alpha value is -2.42. The minimum atomic E-state index is 0.216. The number of rotatable bonds is 5. The highest BCUT2D eigenvalue weighted by Crippen LogP contribution is 2.30. The molecule has 0 bridgehead atoms. The average molecular weight is 399 g/mol. The summed E-state index contributed by atoms with van der Waals surface area (Å²) in [6.07, 6.45) is 0. The third-order valence-electron chi connectivity index (χ3n) is 6.23. The van der Waals surface area contributed by atoms with Gasteiger partial charge in [-0.2, -0.15) is 0 Å². The summed E-state index contributed by atoms with van der Waals surface area (Å²) < 4.78 is 0. The molecule has 0 amide bonds. The van der Waals surface area contributed by atoms with Crippen molar-refractivity contribution in [3.8, 4) is 0 Å². The number of nitrogens with zero attached hydrogens (tertiary/aromatic N) is 2. The van der Waals surface area contributed by atoms with Crippen LogP contribution in [0.5, 0.6) is 0 Å². The quantitative estimate of drug-likeness (QED) is 0.529. The van der Waals surface area contributed by atoms with Gasteiger partial charge in [0.1, 0.15) is 0 Å². The molecule has 4 rings (SSSR count). The Morgan fingerprint density at radius 1 is 0.667 bits per heavy atom. The first kappa shape index (κ1) is 20.8. The maximum atomic E-state index is 2.64. The number of benzene rings is 3. The van der Waals surface area contributed by atoms with Gasteiger partial charge in [0, 0.05) is 32.7 Å². The molecular formula is C28H34N2. The predicted molar refractivity (Wildman–Crippen MR) is 127 cm³/mol. The van der Waals surface area contributed by atoms with E-state index in [0.29, 0.717) is 6.04 Å². The van der Waals surface area contributed by atoms with Crippen LogP contribution in [-0.4, -0.2) is 36.0 Å². The minimum Gasteiger partial charge on any atom is -0.297 e. The van der Waals surface area contributed by atoms with Crippen molar-refractivity contribution >= 4 is 0 Å². The van der Waals surface area contributed by atoms with Crippen LogP contribution < -0.4 is 0 Å². The third-order valence-corrected chi connectivity index (χ3v) is 6.23. The lowest BCUT2D eigenvalue weighted by molar-refractivity contribution is 0.105. The number of piperazine rings is 1. The summed E-state index contributed by atoms with van der Waals surface area (Å²) in [5.74, 6) is 0. The van der Waals surface area contributed by atoms with Crippen LogP contribution in [0.2, 0.25) is 0 Å². The van der Waals surface area contributed by atoms with Crippen LogP contribution in [0.4, 0.5) is 0 Å². The Labute approximate surface area is 182 Å². The van der Waals surface area contributed by atoms with Gasteiger partial charge in [0.2, 0.25) is 0 Å². The number of hydrogen-bond acceptors (Lipinski definition) is 2. The minimum absolute atomic E-state index is 0.216. The highest BCUT2D eigenvalue weighted by atomic mass is 15.3. The zero-order chi connectivity index (χ0) is 21.0. The lowest BCUT2D eigenvalue weighted by atomic mass is 9.87. The summed E-state index contributed by atoms with van der Waals surface area (Å²) in [4.78, 5) is 5.24. The molecule has 1 fully saturated rings. The Balaban J connectivity index is 1.42. The first-order valence-corrected chi connectivity index (χ1v) is 11.2. The maximum absolute atomic E-state index is 2.64. The lowest BCUT2D eigenvalue weighted by Crippen LogP contribution is -2.47.